The summed E-state index contributed by atoms with van der Waals surface area (Å²) in [5.74, 6) is 0.111. The quantitative estimate of drug-likeness (QED) is 0.311. The van der Waals surface area contributed by atoms with E-state index in [0.29, 0.717) is 33.5 Å². The Morgan fingerprint density at radius 2 is 1.60 bits per heavy atom. The molecule has 2 atom stereocenters. The van der Waals surface area contributed by atoms with Crippen LogP contribution < -0.4 is 25.0 Å². The minimum absolute atomic E-state index is 0.295. The van der Waals surface area contributed by atoms with Gasteiger partial charge >= 0.3 is 0 Å². The third-order valence-electron chi connectivity index (χ3n) is 6.49. The molecule has 0 bridgehead atoms. The fraction of sp³-hybridized carbons (Fsp3) is 0.387. The van der Waals surface area contributed by atoms with Crippen LogP contribution >= 0.6 is 11.3 Å². The number of thiophene rings is 1. The monoisotopic (exact) mass is 565 g/mol. The summed E-state index contributed by atoms with van der Waals surface area (Å²) in [4.78, 5) is 42.4. The lowest BCUT2D eigenvalue weighted by Gasteiger charge is -2.34. The number of nitrogens with zero attached hydrogens (tertiary/aromatic N) is 1. The Morgan fingerprint density at radius 1 is 0.950 bits per heavy atom. The SMILES string of the molecule is CC[C@H](C)c1ccc(N(C(=O)CNC(=O)c2cccs2)[C@@H](C(=O)NC(C)(C)C)c2ccc(OC)c(OC)c2)cc1. The van der Waals surface area contributed by atoms with E-state index < -0.39 is 17.5 Å². The highest BCUT2D eigenvalue weighted by Crippen LogP contribution is 2.35. The highest BCUT2D eigenvalue weighted by molar-refractivity contribution is 7.12. The van der Waals surface area contributed by atoms with Crippen LogP contribution in [0.2, 0.25) is 0 Å². The van der Waals surface area contributed by atoms with E-state index in [1.165, 1.54) is 30.5 Å². The zero-order chi connectivity index (χ0) is 29.4. The molecule has 0 aliphatic rings. The zero-order valence-electron chi connectivity index (χ0n) is 24.2. The number of rotatable bonds is 11. The topological polar surface area (TPSA) is 97.0 Å². The first kappa shape index (κ1) is 30.7. The number of methoxy groups -OCH3 is 2. The average Bonchev–Trinajstić information content (AvgIpc) is 3.48. The molecule has 214 valence electrons. The molecule has 40 heavy (non-hydrogen) atoms. The third-order valence-corrected chi connectivity index (χ3v) is 7.36. The second-order valence-electron chi connectivity index (χ2n) is 10.6. The van der Waals surface area contributed by atoms with Crippen LogP contribution in [-0.4, -0.2) is 44.0 Å². The Hall–Kier alpha value is -3.85. The molecule has 1 heterocycles. The largest absolute Gasteiger partial charge is 0.493 e. The molecule has 3 rings (SSSR count). The van der Waals surface area contributed by atoms with Crippen LogP contribution in [0, 0.1) is 0 Å². The van der Waals surface area contributed by atoms with Crippen LogP contribution in [-0.2, 0) is 9.59 Å². The van der Waals surface area contributed by atoms with Crippen molar-refractivity contribution in [1.29, 1.82) is 0 Å². The highest BCUT2D eigenvalue weighted by Gasteiger charge is 2.35. The predicted octanol–water partition coefficient (Wildman–Crippen LogP) is 5.70. The van der Waals surface area contributed by atoms with E-state index in [9.17, 15) is 14.4 Å². The Morgan fingerprint density at radius 3 is 2.15 bits per heavy atom. The summed E-state index contributed by atoms with van der Waals surface area (Å²) in [7, 11) is 3.05. The number of carbonyl (C=O) groups excluding carboxylic acids is 3. The van der Waals surface area contributed by atoms with Gasteiger partial charge < -0.3 is 20.1 Å². The normalized spacial score (nSPS) is 12.7. The summed E-state index contributed by atoms with van der Waals surface area (Å²) in [5, 5.41) is 7.53. The number of benzene rings is 2. The standard InChI is InChI=1S/C31H39N3O5S/c1-8-20(2)21-11-14-23(15-12-21)34(27(35)19-32-29(36)26-10-9-17-40-26)28(30(37)33-31(3,4)5)22-13-16-24(38-6)25(18-22)39-7/h9-18,20,28H,8,19H2,1-7H3,(H,32,36)(H,33,37)/t20-,28+/m0/s1. The van der Waals surface area contributed by atoms with Crippen molar-refractivity contribution in [3.63, 3.8) is 0 Å². The molecule has 8 nitrogen and oxygen atoms in total. The Labute approximate surface area is 240 Å². The van der Waals surface area contributed by atoms with Crippen molar-refractivity contribution < 1.29 is 23.9 Å². The minimum atomic E-state index is -1.06. The first-order chi connectivity index (χ1) is 19.0. The lowest BCUT2D eigenvalue weighted by atomic mass is 9.97. The highest BCUT2D eigenvalue weighted by atomic mass is 32.1. The van der Waals surface area contributed by atoms with Gasteiger partial charge in [-0.2, -0.15) is 0 Å². The molecule has 0 aliphatic carbocycles. The summed E-state index contributed by atoms with van der Waals surface area (Å²) in [6.07, 6.45) is 0.971. The van der Waals surface area contributed by atoms with Gasteiger partial charge in [0, 0.05) is 11.2 Å². The molecule has 0 aliphatic heterocycles. The number of carbonyl (C=O) groups is 3. The molecule has 0 fully saturated rings. The van der Waals surface area contributed by atoms with Gasteiger partial charge in [-0.05, 0) is 79.9 Å². The van der Waals surface area contributed by atoms with Crippen LogP contribution in [0.15, 0.2) is 60.0 Å². The van der Waals surface area contributed by atoms with E-state index in [1.54, 1.807) is 35.7 Å². The molecule has 2 N–H and O–H groups in total. The van der Waals surface area contributed by atoms with E-state index in [0.717, 1.165) is 12.0 Å². The van der Waals surface area contributed by atoms with Crippen molar-refractivity contribution in [1.82, 2.24) is 10.6 Å². The molecular weight excluding hydrogens is 526 g/mol. The lowest BCUT2D eigenvalue weighted by molar-refractivity contribution is -0.127. The molecule has 9 heteroatoms. The maximum Gasteiger partial charge on any atom is 0.261 e. The fourth-order valence-corrected chi connectivity index (χ4v) is 4.89. The van der Waals surface area contributed by atoms with E-state index in [1.807, 2.05) is 45.0 Å². The summed E-state index contributed by atoms with van der Waals surface area (Å²) in [6.45, 7) is 9.60. The second kappa shape index (κ2) is 13.5. The van der Waals surface area contributed by atoms with Gasteiger partial charge in [-0.3, -0.25) is 19.3 Å². The summed E-state index contributed by atoms with van der Waals surface area (Å²) in [6, 6.07) is 15.2. The fourth-order valence-electron chi connectivity index (χ4n) is 4.25. The maximum absolute atomic E-state index is 13.9. The Bertz CT molecular complexity index is 1300. The smallest absolute Gasteiger partial charge is 0.261 e. The van der Waals surface area contributed by atoms with Crippen molar-refractivity contribution in [2.45, 2.75) is 58.5 Å². The number of hydrogen-bond donors (Lipinski definition) is 2. The van der Waals surface area contributed by atoms with Crippen LogP contribution in [0.5, 0.6) is 11.5 Å². The summed E-state index contributed by atoms with van der Waals surface area (Å²) in [5.41, 5.74) is 1.63. The van der Waals surface area contributed by atoms with Gasteiger partial charge in [0.2, 0.25) is 11.8 Å². The molecule has 0 unspecified atom stereocenters. The van der Waals surface area contributed by atoms with Crippen molar-refractivity contribution >= 4 is 34.7 Å². The first-order valence-corrected chi connectivity index (χ1v) is 14.1. The first-order valence-electron chi connectivity index (χ1n) is 13.3. The number of hydrogen-bond acceptors (Lipinski definition) is 6. The van der Waals surface area contributed by atoms with Gasteiger partial charge in [0.05, 0.1) is 25.6 Å². The number of ether oxygens (including phenoxy) is 2. The van der Waals surface area contributed by atoms with Crippen molar-refractivity contribution in [3.8, 4) is 11.5 Å². The van der Waals surface area contributed by atoms with Crippen LogP contribution in [0.25, 0.3) is 0 Å². The molecule has 3 aromatic rings. The van der Waals surface area contributed by atoms with Crippen LogP contribution in [0.3, 0.4) is 0 Å². The molecule has 2 aromatic carbocycles. The Kier molecular flexibility index (Phi) is 10.3. The van der Waals surface area contributed by atoms with Gasteiger partial charge in [-0.25, -0.2) is 0 Å². The van der Waals surface area contributed by atoms with Crippen LogP contribution in [0.1, 0.15) is 73.8 Å². The van der Waals surface area contributed by atoms with E-state index in [2.05, 4.69) is 24.5 Å². The van der Waals surface area contributed by atoms with Crippen molar-refractivity contribution in [3.05, 3.63) is 76.0 Å². The van der Waals surface area contributed by atoms with Gasteiger partial charge in [0.1, 0.15) is 6.04 Å². The van der Waals surface area contributed by atoms with E-state index in [4.69, 9.17) is 9.47 Å². The van der Waals surface area contributed by atoms with Gasteiger partial charge in [-0.1, -0.05) is 38.1 Å². The molecule has 0 radical (unpaired) electrons. The van der Waals surface area contributed by atoms with Crippen molar-refractivity contribution in [2.24, 2.45) is 0 Å². The predicted molar refractivity (Wildman–Crippen MR) is 159 cm³/mol. The third kappa shape index (κ3) is 7.63. The molecule has 0 spiro atoms. The van der Waals surface area contributed by atoms with Gasteiger partial charge in [0.25, 0.3) is 5.91 Å². The van der Waals surface area contributed by atoms with E-state index >= 15 is 0 Å². The summed E-state index contributed by atoms with van der Waals surface area (Å²) >= 11 is 1.29. The number of nitrogens with one attached hydrogen (secondary N) is 2. The maximum atomic E-state index is 13.9. The molecule has 0 saturated heterocycles. The number of amides is 3. The molecular formula is C31H39N3O5S. The molecule has 1 aromatic heterocycles. The summed E-state index contributed by atoms with van der Waals surface area (Å²) < 4.78 is 10.9. The lowest BCUT2D eigenvalue weighted by Crippen LogP contribution is -2.51. The van der Waals surface area contributed by atoms with Gasteiger partial charge in [0.15, 0.2) is 11.5 Å². The number of anilines is 1. The second-order valence-corrected chi connectivity index (χ2v) is 11.5. The van der Waals surface area contributed by atoms with Gasteiger partial charge in [-0.15, -0.1) is 11.3 Å². The zero-order valence-corrected chi connectivity index (χ0v) is 25.1. The molecule has 3 amide bonds. The van der Waals surface area contributed by atoms with Crippen LogP contribution in [0.4, 0.5) is 5.69 Å². The minimum Gasteiger partial charge on any atom is -0.493 e. The Balaban J connectivity index is 2.11. The van der Waals surface area contributed by atoms with Crippen molar-refractivity contribution in [2.75, 3.05) is 25.7 Å². The van der Waals surface area contributed by atoms with E-state index in [-0.39, 0.29) is 18.4 Å². The average molecular weight is 566 g/mol. The molecule has 0 saturated carbocycles.